The average molecular weight is 178 g/mol. The van der Waals surface area contributed by atoms with Crippen molar-refractivity contribution >= 4 is 0 Å². The van der Waals surface area contributed by atoms with Gasteiger partial charge in [-0.15, -0.1) is 0 Å². The second-order valence-electron chi connectivity index (χ2n) is 3.59. The molecule has 1 rings (SSSR count). The predicted octanol–water partition coefficient (Wildman–Crippen LogP) is 3.42. The fraction of sp³-hybridized carbons (Fsp3) is 0.500. The topological polar surface area (TPSA) is 9.23 Å². The minimum absolute atomic E-state index is 0.639. The molecule has 0 bridgehead atoms. The molecule has 0 aromatic heterocycles. The molecule has 0 amide bonds. The summed E-state index contributed by atoms with van der Waals surface area (Å²) in [5.41, 5.74) is 1.21. The molecule has 0 radical (unpaired) electrons. The highest BCUT2D eigenvalue weighted by molar-refractivity contribution is 5.31. The maximum atomic E-state index is 5.69. The number of hydrogen-bond acceptors (Lipinski definition) is 1. The van der Waals surface area contributed by atoms with Gasteiger partial charge in [0.2, 0.25) is 0 Å². The summed E-state index contributed by atoms with van der Waals surface area (Å²) < 4.78 is 5.69. The molecule has 0 saturated heterocycles. The molecule has 0 aliphatic heterocycles. The molecule has 72 valence electrons. The van der Waals surface area contributed by atoms with E-state index in [4.69, 9.17) is 4.74 Å². The first kappa shape index (κ1) is 10.1. The first-order chi connectivity index (χ1) is 6.24. The average Bonchev–Trinajstić information content (AvgIpc) is 2.16. The lowest BCUT2D eigenvalue weighted by atomic mass is 10.1. The van der Waals surface area contributed by atoms with Gasteiger partial charge in [0.15, 0.2) is 0 Å². The van der Waals surface area contributed by atoms with E-state index in [2.05, 4.69) is 26.8 Å². The molecular weight excluding hydrogens is 160 g/mol. The summed E-state index contributed by atoms with van der Waals surface area (Å²) in [4.78, 5) is 0. The Balaban J connectivity index is 2.50. The highest BCUT2D eigenvalue weighted by atomic mass is 16.5. The SMILES string of the molecule is CC[C@H](C)COc1ccccc1C. The standard InChI is InChI=1S/C12H18O/c1-4-10(2)9-13-12-8-6-5-7-11(12)3/h5-8,10H,4,9H2,1-3H3/t10-/m0/s1. The van der Waals surface area contributed by atoms with Crippen LogP contribution in [0.2, 0.25) is 0 Å². The zero-order chi connectivity index (χ0) is 9.68. The van der Waals surface area contributed by atoms with Gasteiger partial charge in [-0.2, -0.15) is 0 Å². The molecule has 1 nitrogen and oxygen atoms in total. The van der Waals surface area contributed by atoms with Crippen LogP contribution in [0.25, 0.3) is 0 Å². The van der Waals surface area contributed by atoms with Crippen molar-refractivity contribution in [3.05, 3.63) is 29.8 Å². The van der Waals surface area contributed by atoms with Gasteiger partial charge in [0, 0.05) is 0 Å². The van der Waals surface area contributed by atoms with E-state index in [1.807, 2.05) is 18.2 Å². The molecule has 0 unspecified atom stereocenters. The third-order valence-corrected chi connectivity index (χ3v) is 2.31. The summed E-state index contributed by atoms with van der Waals surface area (Å²) in [5, 5.41) is 0. The maximum Gasteiger partial charge on any atom is 0.122 e. The predicted molar refractivity (Wildman–Crippen MR) is 56.1 cm³/mol. The number of aryl methyl sites for hydroxylation is 1. The number of benzene rings is 1. The minimum Gasteiger partial charge on any atom is -0.493 e. The molecule has 0 saturated carbocycles. The lowest BCUT2D eigenvalue weighted by Gasteiger charge is -2.12. The molecule has 0 heterocycles. The minimum atomic E-state index is 0.639. The summed E-state index contributed by atoms with van der Waals surface area (Å²) in [7, 11) is 0. The van der Waals surface area contributed by atoms with Crippen LogP contribution in [0, 0.1) is 12.8 Å². The smallest absolute Gasteiger partial charge is 0.122 e. The Labute approximate surface area is 80.7 Å². The van der Waals surface area contributed by atoms with Gasteiger partial charge in [-0.3, -0.25) is 0 Å². The van der Waals surface area contributed by atoms with Gasteiger partial charge in [0.25, 0.3) is 0 Å². The van der Waals surface area contributed by atoms with E-state index in [9.17, 15) is 0 Å². The molecular formula is C12H18O. The Morgan fingerprint density at radius 3 is 2.62 bits per heavy atom. The highest BCUT2D eigenvalue weighted by Gasteiger charge is 2.01. The first-order valence-electron chi connectivity index (χ1n) is 4.92. The second-order valence-corrected chi connectivity index (χ2v) is 3.59. The molecule has 1 atom stereocenters. The van der Waals surface area contributed by atoms with Crippen LogP contribution in [-0.2, 0) is 0 Å². The van der Waals surface area contributed by atoms with Crippen LogP contribution in [-0.4, -0.2) is 6.61 Å². The van der Waals surface area contributed by atoms with E-state index in [-0.39, 0.29) is 0 Å². The van der Waals surface area contributed by atoms with Crippen LogP contribution < -0.4 is 4.74 Å². The number of rotatable bonds is 4. The van der Waals surface area contributed by atoms with Crippen molar-refractivity contribution in [3.8, 4) is 5.75 Å². The van der Waals surface area contributed by atoms with Crippen LogP contribution in [0.15, 0.2) is 24.3 Å². The molecule has 0 aliphatic rings. The van der Waals surface area contributed by atoms with Crippen molar-refractivity contribution in [2.45, 2.75) is 27.2 Å². The fourth-order valence-electron chi connectivity index (χ4n) is 1.07. The molecule has 0 N–H and O–H groups in total. The van der Waals surface area contributed by atoms with Crippen LogP contribution in [0.4, 0.5) is 0 Å². The van der Waals surface area contributed by atoms with Gasteiger partial charge in [-0.1, -0.05) is 38.5 Å². The summed E-state index contributed by atoms with van der Waals surface area (Å²) in [5.74, 6) is 1.66. The quantitative estimate of drug-likeness (QED) is 0.686. The van der Waals surface area contributed by atoms with Crippen LogP contribution in [0.5, 0.6) is 5.75 Å². The lowest BCUT2D eigenvalue weighted by Crippen LogP contribution is -2.07. The van der Waals surface area contributed by atoms with E-state index in [1.54, 1.807) is 0 Å². The normalized spacial score (nSPS) is 12.5. The van der Waals surface area contributed by atoms with Crippen molar-refractivity contribution in [1.82, 2.24) is 0 Å². The van der Waals surface area contributed by atoms with Gasteiger partial charge in [0.05, 0.1) is 6.61 Å². The van der Waals surface area contributed by atoms with E-state index >= 15 is 0 Å². The summed E-state index contributed by atoms with van der Waals surface area (Å²) in [6.07, 6.45) is 1.17. The van der Waals surface area contributed by atoms with Crippen molar-refractivity contribution < 1.29 is 4.74 Å². The molecule has 1 aromatic rings. The van der Waals surface area contributed by atoms with E-state index in [0.717, 1.165) is 12.4 Å². The molecule has 1 heteroatoms. The Morgan fingerprint density at radius 1 is 1.31 bits per heavy atom. The largest absolute Gasteiger partial charge is 0.493 e. The Kier molecular flexibility index (Phi) is 3.81. The van der Waals surface area contributed by atoms with Crippen LogP contribution in [0.1, 0.15) is 25.8 Å². The summed E-state index contributed by atoms with van der Waals surface area (Å²) in [6.45, 7) is 7.29. The lowest BCUT2D eigenvalue weighted by molar-refractivity contribution is 0.255. The Hall–Kier alpha value is -0.980. The summed E-state index contributed by atoms with van der Waals surface area (Å²) in [6, 6.07) is 8.15. The van der Waals surface area contributed by atoms with Gasteiger partial charge in [-0.25, -0.2) is 0 Å². The zero-order valence-corrected chi connectivity index (χ0v) is 8.71. The Morgan fingerprint density at radius 2 is 2.00 bits per heavy atom. The number of para-hydroxylation sites is 1. The van der Waals surface area contributed by atoms with Gasteiger partial charge in [-0.05, 0) is 24.5 Å². The third-order valence-electron chi connectivity index (χ3n) is 2.31. The summed E-state index contributed by atoms with van der Waals surface area (Å²) >= 11 is 0. The van der Waals surface area contributed by atoms with Gasteiger partial charge < -0.3 is 4.74 Å². The van der Waals surface area contributed by atoms with Crippen molar-refractivity contribution in [2.75, 3.05) is 6.61 Å². The first-order valence-corrected chi connectivity index (χ1v) is 4.92. The highest BCUT2D eigenvalue weighted by Crippen LogP contribution is 2.17. The Bertz CT molecular complexity index is 255. The number of ether oxygens (including phenoxy) is 1. The zero-order valence-electron chi connectivity index (χ0n) is 8.71. The molecule has 0 aliphatic carbocycles. The molecule has 13 heavy (non-hydrogen) atoms. The van der Waals surface area contributed by atoms with Crippen molar-refractivity contribution in [1.29, 1.82) is 0 Å². The van der Waals surface area contributed by atoms with Crippen molar-refractivity contribution in [2.24, 2.45) is 5.92 Å². The van der Waals surface area contributed by atoms with E-state index in [0.29, 0.717) is 5.92 Å². The van der Waals surface area contributed by atoms with E-state index in [1.165, 1.54) is 12.0 Å². The monoisotopic (exact) mass is 178 g/mol. The molecule has 1 aromatic carbocycles. The van der Waals surface area contributed by atoms with E-state index < -0.39 is 0 Å². The fourth-order valence-corrected chi connectivity index (χ4v) is 1.07. The second kappa shape index (κ2) is 4.90. The van der Waals surface area contributed by atoms with Gasteiger partial charge >= 0.3 is 0 Å². The van der Waals surface area contributed by atoms with Crippen LogP contribution in [0.3, 0.4) is 0 Å². The maximum absolute atomic E-state index is 5.69. The molecule has 0 spiro atoms. The third kappa shape index (κ3) is 3.10. The number of hydrogen-bond donors (Lipinski definition) is 0. The van der Waals surface area contributed by atoms with Gasteiger partial charge in [0.1, 0.15) is 5.75 Å². The molecule has 0 fully saturated rings. The van der Waals surface area contributed by atoms with Crippen molar-refractivity contribution in [3.63, 3.8) is 0 Å². The van der Waals surface area contributed by atoms with Crippen LogP contribution >= 0.6 is 0 Å².